The van der Waals surface area contributed by atoms with Gasteiger partial charge in [0.2, 0.25) is 5.95 Å². The first-order valence-electron chi connectivity index (χ1n) is 16.2. The molecule has 2 aliphatic rings. The SMILES string of the molecule is CCC(C)C1c2cnc(Nc3ccc(N4CCN(C)CC4)cc3OC)nc2N(c2ccc(OC)cn2)C(=O)N1c1c(C)cccc1C. The van der Waals surface area contributed by atoms with Crippen molar-refractivity contribution in [2.24, 2.45) is 5.92 Å². The minimum Gasteiger partial charge on any atom is -0.495 e. The first-order valence-corrected chi connectivity index (χ1v) is 16.2. The van der Waals surface area contributed by atoms with Crippen LogP contribution in [0.2, 0.25) is 0 Å². The van der Waals surface area contributed by atoms with Gasteiger partial charge in [0, 0.05) is 49.7 Å². The summed E-state index contributed by atoms with van der Waals surface area (Å²) in [6, 6.07) is 15.3. The summed E-state index contributed by atoms with van der Waals surface area (Å²) in [5, 5.41) is 3.37. The van der Waals surface area contributed by atoms with Gasteiger partial charge in [0.05, 0.1) is 37.8 Å². The van der Waals surface area contributed by atoms with Crippen molar-refractivity contribution in [2.45, 2.75) is 40.2 Å². The Bertz CT molecular complexity index is 1720. The summed E-state index contributed by atoms with van der Waals surface area (Å²) in [7, 11) is 5.40. The lowest BCUT2D eigenvalue weighted by molar-refractivity contribution is 0.245. The van der Waals surface area contributed by atoms with E-state index >= 15 is 0 Å². The van der Waals surface area contributed by atoms with Gasteiger partial charge in [-0.05, 0) is 62.2 Å². The number of hydrogen-bond acceptors (Lipinski definition) is 9. The molecule has 0 radical (unpaired) electrons. The van der Waals surface area contributed by atoms with Crippen molar-refractivity contribution in [3.8, 4) is 11.5 Å². The molecular formula is C36H44N8O3. The number of aryl methyl sites for hydroxylation is 2. The molecule has 11 heteroatoms. The number of fused-ring (bicyclic) bond motifs is 1. The fourth-order valence-corrected chi connectivity index (χ4v) is 6.49. The monoisotopic (exact) mass is 636 g/mol. The van der Waals surface area contributed by atoms with Gasteiger partial charge >= 0.3 is 6.03 Å². The zero-order valence-corrected chi connectivity index (χ0v) is 28.3. The van der Waals surface area contributed by atoms with Crippen molar-refractivity contribution in [1.29, 1.82) is 0 Å². The number of rotatable bonds is 9. The van der Waals surface area contributed by atoms with E-state index in [0.717, 1.165) is 66.4 Å². The van der Waals surface area contributed by atoms with E-state index in [1.807, 2.05) is 55.3 Å². The van der Waals surface area contributed by atoms with E-state index in [1.54, 1.807) is 37.4 Å². The maximum atomic E-state index is 14.8. The normalized spacial score (nSPS) is 17.4. The number of hydrogen-bond donors (Lipinski definition) is 1. The number of likely N-dealkylation sites (N-methyl/N-ethyl adjacent to an activating group) is 1. The average Bonchev–Trinajstić information content (AvgIpc) is 3.08. The number of benzene rings is 2. The summed E-state index contributed by atoms with van der Waals surface area (Å²) >= 11 is 0. The highest BCUT2D eigenvalue weighted by atomic mass is 16.5. The quantitative estimate of drug-likeness (QED) is 0.211. The number of anilines is 6. The molecule has 47 heavy (non-hydrogen) atoms. The number of pyridine rings is 1. The highest BCUT2D eigenvalue weighted by Gasteiger charge is 2.44. The van der Waals surface area contributed by atoms with E-state index in [4.69, 9.17) is 19.4 Å². The van der Waals surface area contributed by atoms with Gasteiger partial charge in [-0.15, -0.1) is 0 Å². The minimum absolute atomic E-state index is 0.118. The van der Waals surface area contributed by atoms with Gasteiger partial charge in [0.25, 0.3) is 0 Å². The second-order valence-corrected chi connectivity index (χ2v) is 12.4. The molecule has 0 spiro atoms. The van der Waals surface area contributed by atoms with Crippen LogP contribution in [0.4, 0.5) is 39.4 Å². The third-order valence-electron chi connectivity index (χ3n) is 9.35. The first-order chi connectivity index (χ1) is 22.7. The van der Waals surface area contributed by atoms with Gasteiger partial charge in [-0.3, -0.25) is 4.90 Å². The molecule has 246 valence electrons. The van der Waals surface area contributed by atoms with E-state index in [1.165, 1.54) is 0 Å². The van der Waals surface area contributed by atoms with Crippen molar-refractivity contribution in [2.75, 3.05) is 67.5 Å². The fourth-order valence-electron chi connectivity index (χ4n) is 6.49. The Morgan fingerprint density at radius 2 is 1.70 bits per heavy atom. The maximum Gasteiger partial charge on any atom is 0.336 e. The number of para-hydroxylation sites is 1. The van der Waals surface area contributed by atoms with Crippen LogP contribution in [0.15, 0.2) is 60.9 Å². The van der Waals surface area contributed by atoms with Gasteiger partial charge in [-0.1, -0.05) is 38.5 Å². The van der Waals surface area contributed by atoms with Crippen molar-refractivity contribution in [3.63, 3.8) is 0 Å². The van der Waals surface area contributed by atoms with Crippen LogP contribution in [0.1, 0.15) is 43.0 Å². The molecule has 2 atom stereocenters. The number of piperazine rings is 1. The van der Waals surface area contributed by atoms with Crippen LogP contribution >= 0.6 is 0 Å². The Morgan fingerprint density at radius 1 is 0.957 bits per heavy atom. The fraction of sp³-hybridized carbons (Fsp3) is 0.389. The molecule has 4 heterocycles. The molecule has 0 saturated carbocycles. The van der Waals surface area contributed by atoms with Crippen molar-refractivity contribution in [1.82, 2.24) is 19.9 Å². The van der Waals surface area contributed by atoms with Gasteiger partial charge < -0.3 is 24.6 Å². The lowest BCUT2D eigenvalue weighted by Crippen LogP contribution is -2.50. The summed E-state index contributed by atoms with van der Waals surface area (Å²) in [6.45, 7) is 12.3. The molecule has 2 aromatic heterocycles. The molecule has 6 rings (SSSR count). The van der Waals surface area contributed by atoms with Crippen molar-refractivity contribution >= 4 is 40.7 Å². The van der Waals surface area contributed by atoms with E-state index in [2.05, 4.69) is 47.1 Å². The third kappa shape index (κ3) is 6.15. The molecule has 2 aliphatic heterocycles. The number of nitrogens with zero attached hydrogens (tertiary/aromatic N) is 7. The Labute approximate surface area is 277 Å². The molecule has 0 aliphatic carbocycles. The zero-order chi connectivity index (χ0) is 33.2. The number of carbonyl (C=O) groups excluding carboxylic acids is 1. The third-order valence-corrected chi connectivity index (χ3v) is 9.35. The van der Waals surface area contributed by atoms with Crippen molar-refractivity contribution in [3.05, 3.63) is 77.6 Å². The standard InChI is InChI=1S/C36H44N8O3/c1-8-23(2)33-28-22-38-35(39-29-14-12-26(20-30(29)47-7)42-18-16-41(5)17-19-42)40-34(28)43(31-15-13-27(46-6)21-37-31)36(45)44(33)32-24(3)10-9-11-25(32)4/h9-15,20-23,33H,8,16-19H2,1-7H3,(H,38,39,40). The van der Waals surface area contributed by atoms with Crippen LogP contribution in [0.3, 0.4) is 0 Å². The maximum absolute atomic E-state index is 14.8. The summed E-state index contributed by atoms with van der Waals surface area (Å²) in [5.74, 6) is 2.68. The number of ether oxygens (including phenoxy) is 2. The zero-order valence-electron chi connectivity index (χ0n) is 28.3. The van der Waals surface area contributed by atoms with Gasteiger partial charge in [-0.25, -0.2) is 19.7 Å². The highest BCUT2D eigenvalue weighted by molar-refractivity contribution is 6.11. The van der Waals surface area contributed by atoms with E-state index in [-0.39, 0.29) is 18.0 Å². The lowest BCUT2D eigenvalue weighted by Gasteiger charge is -2.44. The van der Waals surface area contributed by atoms with Crippen LogP contribution < -0.4 is 29.5 Å². The van der Waals surface area contributed by atoms with E-state index in [9.17, 15) is 4.79 Å². The van der Waals surface area contributed by atoms with Gasteiger partial charge in [-0.2, -0.15) is 4.98 Å². The van der Waals surface area contributed by atoms with E-state index < -0.39 is 0 Å². The minimum atomic E-state index is -0.289. The topological polar surface area (TPSA) is 99.2 Å². The molecule has 2 aromatic carbocycles. The van der Waals surface area contributed by atoms with Crippen molar-refractivity contribution < 1.29 is 14.3 Å². The molecule has 2 amide bonds. The summed E-state index contributed by atoms with van der Waals surface area (Å²) in [4.78, 5) is 37.5. The van der Waals surface area contributed by atoms with Crippen LogP contribution in [0, 0.1) is 19.8 Å². The highest BCUT2D eigenvalue weighted by Crippen LogP contribution is 2.47. The van der Waals surface area contributed by atoms with Gasteiger partial charge in [0.15, 0.2) is 5.82 Å². The molecule has 1 saturated heterocycles. The Balaban J connectivity index is 1.44. The number of nitrogens with one attached hydrogen (secondary N) is 1. The first kappa shape index (κ1) is 32.1. The molecule has 4 aromatic rings. The van der Waals surface area contributed by atoms with Crippen LogP contribution in [0.25, 0.3) is 0 Å². The number of carbonyl (C=O) groups is 1. The smallest absolute Gasteiger partial charge is 0.336 e. The van der Waals surface area contributed by atoms with Crippen LogP contribution in [-0.4, -0.2) is 73.3 Å². The molecule has 1 fully saturated rings. The molecule has 1 N–H and O–H groups in total. The predicted molar refractivity (Wildman–Crippen MR) is 187 cm³/mol. The molecular weight excluding hydrogens is 592 g/mol. The second kappa shape index (κ2) is 13.4. The Morgan fingerprint density at radius 3 is 2.34 bits per heavy atom. The number of urea groups is 1. The molecule has 2 unspecified atom stereocenters. The number of amides is 2. The number of methoxy groups -OCH3 is 2. The van der Waals surface area contributed by atoms with E-state index in [0.29, 0.717) is 29.1 Å². The second-order valence-electron chi connectivity index (χ2n) is 12.4. The summed E-state index contributed by atoms with van der Waals surface area (Å²) in [6.07, 6.45) is 4.31. The largest absolute Gasteiger partial charge is 0.495 e. The summed E-state index contributed by atoms with van der Waals surface area (Å²) < 4.78 is 11.2. The van der Waals surface area contributed by atoms with Crippen LogP contribution in [-0.2, 0) is 0 Å². The lowest BCUT2D eigenvalue weighted by atomic mass is 9.89. The average molecular weight is 637 g/mol. The number of aromatic nitrogens is 3. The summed E-state index contributed by atoms with van der Waals surface area (Å²) in [5.41, 5.74) is 5.61. The van der Waals surface area contributed by atoms with Gasteiger partial charge in [0.1, 0.15) is 17.3 Å². The van der Waals surface area contributed by atoms with Crippen LogP contribution in [0.5, 0.6) is 11.5 Å². The predicted octanol–water partition coefficient (Wildman–Crippen LogP) is 6.87. The Kier molecular flexibility index (Phi) is 9.17. The Hall–Kier alpha value is -4.90. The molecule has 0 bridgehead atoms. The molecule has 11 nitrogen and oxygen atoms in total.